The number of benzene rings is 1. The van der Waals surface area contributed by atoms with E-state index in [4.69, 9.17) is 10.00 Å². The average molecular weight is 268 g/mol. The van der Waals surface area contributed by atoms with Crippen LogP contribution in [0.15, 0.2) is 24.3 Å². The SMILES string of the molecule is COc1cc(C)c(C)cc1-c1ccc(NCC#N)nn1. The lowest BCUT2D eigenvalue weighted by Crippen LogP contribution is -2.02. The number of methoxy groups -OCH3 is 1. The molecule has 1 N–H and O–H groups in total. The van der Waals surface area contributed by atoms with Crippen LogP contribution < -0.4 is 10.1 Å². The van der Waals surface area contributed by atoms with E-state index >= 15 is 0 Å². The Morgan fingerprint density at radius 2 is 1.95 bits per heavy atom. The highest BCUT2D eigenvalue weighted by Gasteiger charge is 2.10. The van der Waals surface area contributed by atoms with Gasteiger partial charge in [0.1, 0.15) is 18.1 Å². The summed E-state index contributed by atoms with van der Waals surface area (Å²) in [6, 6.07) is 9.69. The number of rotatable bonds is 4. The molecule has 5 heteroatoms. The topological polar surface area (TPSA) is 70.8 Å². The zero-order valence-corrected chi connectivity index (χ0v) is 11.8. The molecule has 1 aromatic heterocycles. The minimum Gasteiger partial charge on any atom is -0.496 e. The van der Waals surface area contributed by atoms with Crippen LogP contribution >= 0.6 is 0 Å². The van der Waals surface area contributed by atoms with Crippen LogP contribution in [0.1, 0.15) is 11.1 Å². The van der Waals surface area contributed by atoms with Gasteiger partial charge in [0, 0.05) is 5.56 Å². The maximum atomic E-state index is 8.51. The van der Waals surface area contributed by atoms with Crippen molar-refractivity contribution in [1.82, 2.24) is 10.2 Å². The molecule has 0 saturated carbocycles. The molecule has 2 rings (SSSR count). The second-order valence-corrected chi connectivity index (χ2v) is 4.45. The lowest BCUT2D eigenvalue weighted by molar-refractivity contribution is 0.416. The molecule has 0 aliphatic rings. The van der Waals surface area contributed by atoms with Gasteiger partial charge in [-0.15, -0.1) is 10.2 Å². The van der Waals surface area contributed by atoms with Crippen LogP contribution in [-0.4, -0.2) is 23.9 Å². The minimum atomic E-state index is 0.209. The zero-order chi connectivity index (χ0) is 14.5. The number of anilines is 1. The first kappa shape index (κ1) is 13.8. The molecule has 2 aromatic rings. The molecule has 0 aliphatic carbocycles. The van der Waals surface area contributed by atoms with Crippen molar-refractivity contribution >= 4 is 5.82 Å². The molecular formula is C15H16N4O. The van der Waals surface area contributed by atoms with Crippen molar-refractivity contribution in [1.29, 1.82) is 5.26 Å². The number of hydrogen-bond donors (Lipinski definition) is 1. The summed E-state index contributed by atoms with van der Waals surface area (Å²) in [7, 11) is 1.64. The van der Waals surface area contributed by atoms with Crippen LogP contribution in [0.3, 0.4) is 0 Å². The van der Waals surface area contributed by atoms with Gasteiger partial charge in [0.05, 0.1) is 18.9 Å². The fourth-order valence-electron chi connectivity index (χ4n) is 1.86. The van der Waals surface area contributed by atoms with Crippen LogP contribution in [0.5, 0.6) is 5.75 Å². The van der Waals surface area contributed by atoms with Gasteiger partial charge in [-0.1, -0.05) is 0 Å². The summed E-state index contributed by atoms with van der Waals surface area (Å²) in [4.78, 5) is 0. The van der Waals surface area contributed by atoms with E-state index in [0.29, 0.717) is 5.82 Å². The van der Waals surface area contributed by atoms with Gasteiger partial charge >= 0.3 is 0 Å². The number of nitriles is 1. The van der Waals surface area contributed by atoms with E-state index in [1.54, 1.807) is 13.2 Å². The Kier molecular flexibility index (Phi) is 4.16. The van der Waals surface area contributed by atoms with Crippen molar-refractivity contribution in [3.8, 4) is 23.1 Å². The molecule has 0 atom stereocenters. The molecule has 0 radical (unpaired) electrons. The molecule has 0 spiro atoms. The number of nitrogens with zero attached hydrogens (tertiary/aromatic N) is 3. The second kappa shape index (κ2) is 6.02. The Morgan fingerprint density at radius 3 is 2.55 bits per heavy atom. The van der Waals surface area contributed by atoms with E-state index in [1.165, 1.54) is 11.1 Å². The van der Waals surface area contributed by atoms with Crippen molar-refractivity contribution in [3.05, 3.63) is 35.4 Å². The van der Waals surface area contributed by atoms with Gasteiger partial charge in [-0.3, -0.25) is 0 Å². The Morgan fingerprint density at radius 1 is 1.20 bits per heavy atom. The third-order valence-electron chi connectivity index (χ3n) is 3.10. The molecule has 0 fully saturated rings. The van der Waals surface area contributed by atoms with Gasteiger partial charge in [0.25, 0.3) is 0 Å². The first-order valence-electron chi connectivity index (χ1n) is 6.26. The fraction of sp³-hybridized carbons (Fsp3) is 0.267. The van der Waals surface area contributed by atoms with Crippen LogP contribution in [0, 0.1) is 25.2 Å². The maximum absolute atomic E-state index is 8.51. The van der Waals surface area contributed by atoms with E-state index < -0.39 is 0 Å². The predicted octanol–water partition coefficient (Wildman–Crippen LogP) is 2.70. The first-order chi connectivity index (χ1) is 9.65. The van der Waals surface area contributed by atoms with E-state index in [0.717, 1.165) is 17.0 Å². The Balaban J connectivity index is 2.36. The Hall–Kier alpha value is -2.61. The molecule has 5 nitrogen and oxygen atoms in total. The maximum Gasteiger partial charge on any atom is 0.149 e. The number of aryl methyl sites for hydroxylation is 2. The van der Waals surface area contributed by atoms with Crippen LogP contribution in [0.25, 0.3) is 11.3 Å². The Bertz CT molecular complexity index is 644. The highest BCUT2D eigenvalue weighted by Crippen LogP contribution is 2.31. The third-order valence-corrected chi connectivity index (χ3v) is 3.10. The minimum absolute atomic E-state index is 0.209. The smallest absolute Gasteiger partial charge is 0.149 e. The zero-order valence-electron chi connectivity index (χ0n) is 11.8. The van der Waals surface area contributed by atoms with E-state index in [-0.39, 0.29) is 6.54 Å². The predicted molar refractivity (Wildman–Crippen MR) is 77.6 cm³/mol. The summed E-state index contributed by atoms with van der Waals surface area (Å²) in [5.74, 6) is 1.36. The van der Waals surface area contributed by atoms with Gasteiger partial charge in [-0.05, 0) is 49.2 Å². The third kappa shape index (κ3) is 2.86. The fourth-order valence-corrected chi connectivity index (χ4v) is 1.86. The molecule has 0 bridgehead atoms. The number of aromatic nitrogens is 2. The molecule has 0 amide bonds. The lowest BCUT2D eigenvalue weighted by atomic mass is 10.0. The summed E-state index contributed by atoms with van der Waals surface area (Å²) in [5, 5.41) is 19.6. The van der Waals surface area contributed by atoms with E-state index in [9.17, 15) is 0 Å². The molecule has 0 unspecified atom stereocenters. The summed E-state index contributed by atoms with van der Waals surface area (Å²) >= 11 is 0. The largest absolute Gasteiger partial charge is 0.496 e. The van der Waals surface area contributed by atoms with Crippen molar-refractivity contribution in [2.45, 2.75) is 13.8 Å². The van der Waals surface area contributed by atoms with Crippen molar-refractivity contribution in [2.24, 2.45) is 0 Å². The second-order valence-electron chi connectivity index (χ2n) is 4.45. The van der Waals surface area contributed by atoms with Gasteiger partial charge in [-0.2, -0.15) is 5.26 Å². The quantitative estimate of drug-likeness (QED) is 0.863. The normalized spacial score (nSPS) is 9.90. The van der Waals surface area contributed by atoms with Crippen LogP contribution in [-0.2, 0) is 0 Å². The monoisotopic (exact) mass is 268 g/mol. The first-order valence-corrected chi connectivity index (χ1v) is 6.26. The summed E-state index contributed by atoms with van der Waals surface area (Å²) < 4.78 is 5.40. The molecule has 0 saturated heterocycles. The molecule has 20 heavy (non-hydrogen) atoms. The van der Waals surface area contributed by atoms with Gasteiger partial charge < -0.3 is 10.1 Å². The Labute approximate surface area is 118 Å². The van der Waals surface area contributed by atoms with Crippen LogP contribution in [0.2, 0.25) is 0 Å². The molecule has 0 aliphatic heterocycles. The van der Waals surface area contributed by atoms with Gasteiger partial charge in [-0.25, -0.2) is 0 Å². The number of ether oxygens (including phenoxy) is 1. The average Bonchev–Trinajstić information content (AvgIpc) is 2.48. The molecule has 102 valence electrons. The van der Waals surface area contributed by atoms with Crippen LogP contribution in [0.4, 0.5) is 5.82 Å². The molecule has 1 heterocycles. The highest BCUT2D eigenvalue weighted by atomic mass is 16.5. The standard InChI is InChI=1S/C15H16N4O/c1-10-8-12(14(20-3)9-11(10)2)13-4-5-15(19-18-13)17-7-6-16/h4-5,8-9H,7H2,1-3H3,(H,17,19). The van der Waals surface area contributed by atoms with E-state index in [2.05, 4.69) is 22.4 Å². The van der Waals surface area contributed by atoms with Crippen molar-refractivity contribution < 1.29 is 4.74 Å². The lowest BCUT2D eigenvalue weighted by Gasteiger charge is -2.11. The summed E-state index contributed by atoms with van der Waals surface area (Å²) in [6.45, 7) is 4.30. The number of nitrogens with one attached hydrogen (secondary N) is 1. The molecular weight excluding hydrogens is 252 g/mol. The van der Waals surface area contributed by atoms with E-state index in [1.807, 2.05) is 31.2 Å². The van der Waals surface area contributed by atoms with Crippen molar-refractivity contribution in [2.75, 3.05) is 19.0 Å². The van der Waals surface area contributed by atoms with Gasteiger partial charge in [0.2, 0.25) is 0 Å². The summed E-state index contributed by atoms with van der Waals surface area (Å²) in [5.41, 5.74) is 4.00. The molecule has 1 aromatic carbocycles. The summed E-state index contributed by atoms with van der Waals surface area (Å²) in [6.07, 6.45) is 0. The number of hydrogen-bond acceptors (Lipinski definition) is 5. The highest BCUT2D eigenvalue weighted by molar-refractivity contribution is 5.69. The van der Waals surface area contributed by atoms with Crippen molar-refractivity contribution in [3.63, 3.8) is 0 Å². The van der Waals surface area contributed by atoms with Gasteiger partial charge in [0.15, 0.2) is 0 Å².